The number of nitrogens with one attached hydrogen (secondary N) is 2. The third kappa shape index (κ3) is 2.88. The standard InChI is InChI=1S/C23H21N3OS/c1-26-21(27)23(25-22(26)24,18-10-4-3-5-11-18)19-12-6-8-16(14-19)17-9-7-13-20(15-17)28-2/h3-15H,1-2H3,(H2,24,25). The van der Waals surface area contributed by atoms with E-state index in [0.717, 1.165) is 22.3 Å². The molecular formula is C23H21N3OS. The predicted octanol–water partition coefficient (Wildman–Crippen LogP) is 4.32. The SMILES string of the molecule is CSc1cccc(-c2cccc(C3(c4ccccc4)NC(=N)N(C)C3=O)c2)c1. The largest absolute Gasteiger partial charge is 0.334 e. The van der Waals surface area contributed by atoms with Crippen molar-refractivity contribution >= 4 is 23.6 Å². The first kappa shape index (κ1) is 18.3. The summed E-state index contributed by atoms with van der Waals surface area (Å²) in [4.78, 5) is 15.9. The molecule has 0 spiro atoms. The van der Waals surface area contributed by atoms with Gasteiger partial charge in [0.15, 0.2) is 11.5 Å². The third-order valence-electron chi connectivity index (χ3n) is 5.17. The Labute approximate surface area is 169 Å². The molecule has 1 heterocycles. The van der Waals surface area contributed by atoms with E-state index in [1.807, 2.05) is 54.6 Å². The van der Waals surface area contributed by atoms with Gasteiger partial charge >= 0.3 is 0 Å². The van der Waals surface area contributed by atoms with Crippen molar-refractivity contribution in [1.29, 1.82) is 5.41 Å². The average Bonchev–Trinajstić information content (AvgIpc) is 2.99. The lowest BCUT2D eigenvalue weighted by atomic mass is 9.81. The number of hydrogen-bond acceptors (Lipinski definition) is 3. The molecule has 0 radical (unpaired) electrons. The van der Waals surface area contributed by atoms with Gasteiger partial charge in [-0.2, -0.15) is 0 Å². The van der Waals surface area contributed by atoms with Crippen molar-refractivity contribution in [3.8, 4) is 11.1 Å². The molecule has 0 saturated carbocycles. The molecule has 1 fully saturated rings. The van der Waals surface area contributed by atoms with Crippen LogP contribution in [0, 0.1) is 5.41 Å². The molecule has 0 bridgehead atoms. The second-order valence-electron chi connectivity index (χ2n) is 6.77. The van der Waals surface area contributed by atoms with Gasteiger partial charge in [0.25, 0.3) is 5.91 Å². The van der Waals surface area contributed by atoms with Crippen LogP contribution in [0.25, 0.3) is 11.1 Å². The first-order valence-corrected chi connectivity index (χ1v) is 10.2. The zero-order valence-corrected chi connectivity index (χ0v) is 16.6. The van der Waals surface area contributed by atoms with Crippen LogP contribution in [0.4, 0.5) is 0 Å². The van der Waals surface area contributed by atoms with Gasteiger partial charge in [-0.05, 0) is 46.7 Å². The summed E-state index contributed by atoms with van der Waals surface area (Å²) in [5.41, 5.74) is 2.69. The zero-order valence-electron chi connectivity index (χ0n) is 15.8. The molecule has 1 aliphatic rings. The summed E-state index contributed by atoms with van der Waals surface area (Å²) in [6.45, 7) is 0. The highest BCUT2D eigenvalue weighted by Crippen LogP contribution is 2.37. The van der Waals surface area contributed by atoms with E-state index >= 15 is 0 Å². The van der Waals surface area contributed by atoms with Crippen molar-refractivity contribution < 1.29 is 4.79 Å². The Balaban J connectivity index is 1.89. The summed E-state index contributed by atoms with van der Waals surface area (Å²) >= 11 is 1.70. The number of likely N-dealkylation sites (N-methyl/N-ethyl adjacent to an activating group) is 1. The Morgan fingerprint density at radius 1 is 0.893 bits per heavy atom. The maximum Gasteiger partial charge on any atom is 0.264 e. The van der Waals surface area contributed by atoms with Crippen LogP contribution in [0.15, 0.2) is 83.8 Å². The summed E-state index contributed by atoms with van der Waals surface area (Å²) in [5.74, 6) is -0.0534. The van der Waals surface area contributed by atoms with Gasteiger partial charge in [0.1, 0.15) is 0 Å². The van der Waals surface area contributed by atoms with Gasteiger partial charge in [-0.15, -0.1) is 11.8 Å². The second kappa shape index (κ2) is 7.17. The van der Waals surface area contributed by atoms with Crippen LogP contribution in [0.3, 0.4) is 0 Å². The van der Waals surface area contributed by atoms with Crippen LogP contribution in [0.1, 0.15) is 11.1 Å². The van der Waals surface area contributed by atoms with Gasteiger partial charge in [-0.25, -0.2) is 0 Å². The van der Waals surface area contributed by atoms with Crippen LogP contribution in [0.2, 0.25) is 0 Å². The summed E-state index contributed by atoms with van der Waals surface area (Å²) in [6, 6.07) is 26.0. The number of amides is 1. The van der Waals surface area contributed by atoms with E-state index in [1.54, 1.807) is 18.8 Å². The molecule has 0 aliphatic carbocycles. The topological polar surface area (TPSA) is 56.2 Å². The Bertz CT molecular complexity index is 1050. The molecule has 1 amide bonds. The second-order valence-corrected chi connectivity index (χ2v) is 7.65. The number of guanidine groups is 1. The van der Waals surface area contributed by atoms with Crippen LogP contribution < -0.4 is 5.32 Å². The molecule has 5 heteroatoms. The summed E-state index contributed by atoms with van der Waals surface area (Å²) in [6.07, 6.45) is 2.06. The smallest absolute Gasteiger partial charge is 0.264 e. The maximum absolute atomic E-state index is 13.3. The number of nitrogens with zero attached hydrogens (tertiary/aromatic N) is 1. The molecule has 4 nitrogen and oxygen atoms in total. The Morgan fingerprint density at radius 2 is 1.54 bits per heavy atom. The lowest BCUT2D eigenvalue weighted by Crippen LogP contribution is -2.45. The van der Waals surface area contributed by atoms with Crippen LogP contribution in [-0.4, -0.2) is 30.1 Å². The number of carbonyl (C=O) groups is 1. The van der Waals surface area contributed by atoms with E-state index in [1.165, 1.54) is 9.80 Å². The quantitative estimate of drug-likeness (QED) is 0.656. The number of hydrogen-bond donors (Lipinski definition) is 2. The normalized spacial score (nSPS) is 19.0. The van der Waals surface area contributed by atoms with Crippen LogP contribution in [-0.2, 0) is 10.3 Å². The molecule has 1 saturated heterocycles. The van der Waals surface area contributed by atoms with Gasteiger partial charge in [-0.1, -0.05) is 60.7 Å². The van der Waals surface area contributed by atoms with E-state index in [2.05, 4.69) is 35.8 Å². The van der Waals surface area contributed by atoms with Gasteiger partial charge in [-0.3, -0.25) is 15.1 Å². The van der Waals surface area contributed by atoms with Crippen molar-refractivity contribution in [1.82, 2.24) is 10.2 Å². The van der Waals surface area contributed by atoms with Crippen molar-refractivity contribution in [2.24, 2.45) is 0 Å². The lowest BCUT2D eigenvalue weighted by molar-refractivity contribution is -0.129. The van der Waals surface area contributed by atoms with Gasteiger partial charge in [0.05, 0.1) is 0 Å². The van der Waals surface area contributed by atoms with E-state index in [0.29, 0.717) is 0 Å². The van der Waals surface area contributed by atoms with E-state index in [-0.39, 0.29) is 11.9 Å². The number of carbonyl (C=O) groups excluding carboxylic acids is 1. The van der Waals surface area contributed by atoms with Crippen molar-refractivity contribution in [3.63, 3.8) is 0 Å². The molecule has 4 rings (SSSR count). The van der Waals surface area contributed by atoms with Crippen LogP contribution in [0.5, 0.6) is 0 Å². The van der Waals surface area contributed by atoms with Crippen molar-refractivity contribution in [2.75, 3.05) is 13.3 Å². The zero-order chi connectivity index (χ0) is 19.7. The number of benzene rings is 3. The molecule has 1 atom stereocenters. The third-order valence-corrected chi connectivity index (χ3v) is 5.90. The average molecular weight is 388 g/mol. The highest BCUT2D eigenvalue weighted by atomic mass is 32.2. The molecule has 28 heavy (non-hydrogen) atoms. The molecule has 0 aromatic heterocycles. The fraction of sp³-hybridized carbons (Fsp3) is 0.130. The van der Waals surface area contributed by atoms with E-state index < -0.39 is 5.54 Å². The minimum absolute atomic E-state index is 0.101. The van der Waals surface area contributed by atoms with E-state index in [9.17, 15) is 4.79 Å². The minimum Gasteiger partial charge on any atom is -0.334 e. The number of rotatable bonds is 4. The molecule has 3 aromatic carbocycles. The maximum atomic E-state index is 13.3. The summed E-state index contributed by atoms with van der Waals surface area (Å²) < 4.78 is 0. The highest BCUT2D eigenvalue weighted by Gasteiger charge is 2.50. The van der Waals surface area contributed by atoms with Gasteiger partial charge in [0, 0.05) is 11.9 Å². The molecule has 140 valence electrons. The minimum atomic E-state index is -1.10. The highest BCUT2D eigenvalue weighted by molar-refractivity contribution is 7.98. The first-order chi connectivity index (χ1) is 13.6. The van der Waals surface area contributed by atoms with E-state index in [4.69, 9.17) is 5.41 Å². The molecule has 3 aromatic rings. The Kier molecular flexibility index (Phi) is 4.69. The fourth-order valence-electron chi connectivity index (χ4n) is 3.65. The molecule has 2 N–H and O–H groups in total. The monoisotopic (exact) mass is 387 g/mol. The van der Waals surface area contributed by atoms with Gasteiger partial charge < -0.3 is 5.32 Å². The number of thioether (sulfide) groups is 1. The molecule has 1 unspecified atom stereocenters. The summed E-state index contributed by atoms with van der Waals surface area (Å²) in [7, 11) is 1.63. The molecule has 1 aliphatic heterocycles. The molecular weight excluding hydrogens is 366 g/mol. The van der Waals surface area contributed by atoms with Crippen LogP contribution >= 0.6 is 11.8 Å². The Morgan fingerprint density at radius 3 is 2.18 bits per heavy atom. The lowest BCUT2D eigenvalue weighted by Gasteiger charge is -2.28. The van der Waals surface area contributed by atoms with Crippen molar-refractivity contribution in [3.05, 3.63) is 90.0 Å². The summed E-state index contributed by atoms with van der Waals surface area (Å²) in [5, 5.41) is 11.4. The van der Waals surface area contributed by atoms with Crippen molar-refractivity contribution in [2.45, 2.75) is 10.4 Å². The Hall–Kier alpha value is -3.05. The van der Waals surface area contributed by atoms with Gasteiger partial charge in [0.2, 0.25) is 0 Å². The predicted molar refractivity (Wildman–Crippen MR) is 115 cm³/mol. The fourth-order valence-corrected chi connectivity index (χ4v) is 4.11. The first-order valence-electron chi connectivity index (χ1n) is 9.01.